The molecule has 1 heterocycles. The summed E-state index contributed by atoms with van der Waals surface area (Å²) in [5.74, 6) is 0.958. The highest BCUT2D eigenvalue weighted by Crippen LogP contribution is 2.05. The SMILES string of the molecule is CCC(CC)CNCC(=O)N1CCN(C)CC1. The number of hydrogen-bond acceptors (Lipinski definition) is 3. The van der Waals surface area contributed by atoms with Crippen molar-refractivity contribution in [1.82, 2.24) is 15.1 Å². The molecule has 1 saturated heterocycles. The Bertz CT molecular complexity index is 221. The number of likely N-dealkylation sites (N-methyl/N-ethyl adjacent to an activating group) is 1. The van der Waals surface area contributed by atoms with Gasteiger partial charge in [0.15, 0.2) is 0 Å². The third-order valence-corrected chi connectivity index (χ3v) is 3.72. The van der Waals surface area contributed by atoms with Crippen molar-refractivity contribution in [2.75, 3.05) is 46.3 Å². The van der Waals surface area contributed by atoms with E-state index >= 15 is 0 Å². The zero-order chi connectivity index (χ0) is 12.7. The van der Waals surface area contributed by atoms with E-state index in [1.54, 1.807) is 0 Å². The number of nitrogens with zero attached hydrogens (tertiary/aromatic N) is 2. The molecular formula is C13H27N3O. The molecule has 0 aromatic carbocycles. The van der Waals surface area contributed by atoms with Gasteiger partial charge >= 0.3 is 0 Å². The Balaban J connectivity index is 2.16. The van der Waals surface area contributed by atoms with Crippen molar-refractivity contribution in [3.8, 4) is 0 Å². The maximum atomic E-state index is 11.9. The topological polar surface area (TPSA) is 35.6 Å². The Hall–Kier alpha value is -0.610. The van der Waals surface area contributed by atoms with Gasteiger partial charge in [0.25, 0.3) is 0 Å². The average molecular weight is 241 g/mol. The first-order valence-electron chi connectivity index (χ1n) is 6.84. The summed E-state index contributed by atoms with van der Waals surface area (Å²) in [6.45, 7) is 9.63. The van der Waals surface area contributed by atoms with Gasteiger partial charge in [-0.25, -0.2) is 0 Å². The van der Waals surface area contributed by atoms with Crippen LogP contribution in [0.4, 0.5) is 0 Å². The van der Waals surface area contributed by atoms with Crippen LogP contribution in [-0.2, 0) is 4.79 Å². The van der Waals surface area contributed by atoms with E-state index in [1.165, 1.54) is 12.8 Å². The molecule has 0 saturated carbocycles. The van der Waals surface area contributed by atoms with Gasteiger partial charge in [0.1, 0.15) is 0 Å². The van der Waals surface area contributed by atoms with Crippen molar-refractivity contribution < 1.29 is 4.79 Å². The largest absolute Gasteiger partial charge is 0.339 e. The molecule has 1 rings (SSSR count). The molecule has 17 heavy (non-hydrogen) atoms. The number of nitrogens with one attached hydrogen (secondary N) is 1. The van der Waals surface area contributed by atoms with Crippen LogP contribution in [0.5, 0.6) is 0 Å². The van der Waals surface area contributed by atoms with Crippen LogP contribution in [0.15, 0.2) is 0 Å². The van der Waals surface area contributed by atoms with Crippen LogP contribution < -0.4 is 5.32 Å². The average Bonchev–Trinajstić information content (AvgIpc) is 2.35. The molecule has 0 bridgehead atoms. The monoisotopic (exact) mass is 241 g/mol. The third-order valence-electron chi connectivity index (χ3n) is 3.72. The number of carbonyl (C=O) groups excluding carboxylic acids is 1. The summed E-state index contributed by atoms with van der Waals surface area (Å²) in [6, 6.07) is 0. The molecular weight excluding hydrogens is 214 g/mol. The smallest absolute Gasteiger partial charge is 0.236 e. The van der Waals surface area contributed by atoms with Gasteiger partial charge in [0.05, 0.1) is 6.54 Å². The second kappa shape index (κ2) is 7.67. The summed E-state index contributed by atoms with van der Waals surface area (Å²) in [5, 5.41) is 3.29. The lowest BCUT2D eigenvalue weighted by molar-refractivity contribution is -0.131. The lowest BCUT2D eigenvalue weighted by Crippen LogP contribution is -2.49. The molecule has 0 aliphatic carbocycles. The molecule has 0 aromatic rings. The fourth-order valence-corrected chi connectivity index (χ4v) is 2.13. The van der Waals surface area contributed by atoms with Crippen molar-refractivity contribution in [2.45, 2.75) is 26.7 Å². The van der Waals surface area contributed by atoms with Crippen molar-refractivity contribution >= 4 is 5.91 Å². The minimum atomic E-state index is 0.254. The fourth-order valence-electron chi connectivity index (χ4n) is 2.13. The second-order valence-corrected chi connectivity index (χ2v) is 5.00. The maximum absolute atomic E-state index is 11.9. The van der Waals surface area contributed by atoms with Gasteiger partial charge in [-0.2, -0.15) is 0 Å². The summed E-state index contributed by atoms with van der Waals surface area (Å²) in [4.78, 5) is 16.1. The van der Waals surface area contributed by atoms with E-state index in [0.29, 0.717) is 12.5 Å². The van der Waals surface area contributed by atoms with E-state index in [1.807, 2.05) is 4.90 Å². The highest BCUT2D eigenvalue weighted by Gasteiger charge is 2.18. The highest BCUT2D eigenvalue weighted by atomic mass is 16.2. The molecule has 4 nitrogen and oxygen atoms in total. The van der Waals surface area contributed by atoms with E-state index in [0.717, 1.165) is 32.7 Å². The summed E-state index contributed by atoms with van der Waals surface area (Å²) in [5.41, 5.74) is 0. The molecule has 1 N–H and O–H groups in total. The number of piperazine rings is 1. The van der Waals surface area contributed by atoms with Gasteiger partial charge in [-0.1, -0.05) is 26.7 Å². The van der Waals surface area contributed by atoms with E-state index in [2.05, 4.69) is 31.1 Å². The standard InChI is InChI=1S/C13H27N3O/c1-4-12(5-2)10-14-11-13(17)16-8-6-15(3)7-9-16/h12,14H,4-11H2,1-3H3. The van der Waals surface area contributed by atoms with Gasteiger partial charge in [0.2, 0.25) is 5.91 Å². The molecule has 1 aliphatic rings. The first kappa shape index (κ1) is 14.5. The molecule has 0 spiro atoms. The molecule has 0 unspecified atom stereocenters. The molecule has 0 radical (unpaired) electrons. The number of hydrogen-bond donors (Lipinski definition) is 1. The molecule has 100 valence electrons. The predicted octanol–water partition coefficient (Wildman–Crippen LogP) is 0.786. The fraction of sp³-hybridized carbons (Fsp3) is 0.923. The Morgan fingerprint density at radius 1 is 1.18 bits per heavy atom. The summed E-state index contributed by atoms with van der Waals surface area (Å²) in [7, 11) is 2.10. The van der Waals surface area contributed by atoms with Crippen molar-refractivity contribution in [3.63, 3.8) is 0 Å². The number of rotatable bonds is 6. The van der Waals surface area contributed by atoms with Gasteiger partial charge < -0.3 is 15.1 Å². The lowest BCUT2D eigenvalue weighted by Gasteiger charge is -2.32. The lowest BCUT2D eigenvalue weighted by atomic mass is 10.0. The number of carbonyl (C=O) groups is 1. The van der Waals surface area contributed by atoms with Gasteiger partial charge in [0, 0.05) is 26.2 Å². The molecule has 1 fully saturated rings. The van der Waals surface area contributed by atoms with Crippen LogP contribution >= 0.6 is 0 Å². The maximum Gasteiger partial charge on any atom is 0.236 e. The quantitative estimate of drug-likeness (QED) is 0.747. The number of amides is 1. The summed E-state index contributed by atoms with van der Waals surface area (Å²) in [6.07, 6.45) is 2.37. The first-order valence-corrected chi connectivity index (χ1v) is 6.84. The van der Waals surface area contributed by atoms with Crippen LogP contribution in [0, 0.1) is 5.92 Å². The van der Waals surface area contributed by atoms with E-state index in [-0.39, 0.29) is 5.91 Å². The van der Waals surface area contributed by atoms with Crippen LogP contribution in [0.25, 0.3) is 0 Å². The van der Waals surface area contributed by atoms with Crippen molar-refractivity contribution in [3.05, 3.63) is 0 Å². The summed E-state index contributed by atoms with van der Waals surface area (Å²) >= 11 is 0. The second-order valence-electron chi connectivity index (χ2n) is 5.00. The van der Waals surface area contributed by atoms with Crippen LogP contribution in [0.2, 0.25) is 0 Å². The molecule has 1 aliphatic heterocycles. The Morgan fingerprint density at radius 3 is 2.29 bits per heavy atom. The molecule has 0 atom stereocenters. The van der Waals surface area contributed by atoms with Crippen molar-refractivity contribution in [2.24, 2.45) is 5.92 Å². The highest BCUT2D eigenvalue weighted by molar-refractivity contribution is 5.78. The van der Waals surface area contributed by atoms with Crippen molar-refractivity contribution in [1.29, 1.82) is 0 Å². The minimum absolute atomic E-state index is 0.254. The third kappa shape index (κ3) is 5.04. The van der Waals surface area contributed by atoms with E-state index < -0.39 is 0 Å². The Morgan fingerprint density at radius 2 is 1.76 bits per heavy atom. The zero-order valence-corrected chi connectivity index (χ0v) is 11.5. The first-order chi connectivity index (χ1) is 8.17. The van der Waals surface area contributed by atoms with E-state index in [9.17, 15) is 4.79 Å². The summed E-state index contributed by atoms with van der Waals surface area (Å²) < 4.78 is 0. The van der Waals surface area contributed by atoms with Crippen LogP contribution in [-0.4, -0.2) is 62.0 Å². The van der Waals surface area contributed by atoms with Crippen LogP contribution in [0.3, 0.4) is 0 Å². The Kier molecular flexibility index (Phi) is 6.52. The molecule has 1 amide bonds. The normalized spacial score (nSPS) is 17.8. The van der Waals surface area contributed by atoms with Gasteiger partial charge in [-0.05, 0) is 19.5 Å². The van der Waals surface area contributed by atoms with E-state index in [4.69, 9.17) is 0 Å². The van der Waals surface area contributed by atoms with Gasteiger partial charge in [-0.3, -0.25) is 4.79 Å². The molecule has 4 heteroatoms. The predicted molar refractivity (Wildman–Crippen MR) is 71.0 cm³/mol. The zero-order valence-electron chi connectivity index (χ0n) is 11.5. The van der Waals surface area contributed by atoms with Crippen LogP contribution in [0.1, 0.15) is 26.7 Å². The molecule has 0 aromatic heterocycles. The van der Waals surface area contributed by atoms with Gasteiger partial charge in [-0.15, -0.1) is 0 Å². The minimum Gasteiger partial charge on any atom is -0.339 e. The Labute approximate surface area is 105 Å².